The van der Waals surface area contributed by atoms with Crippen LogP contribution in [0.4, 0.5) is 0 Å². The van der Waals surface area contributed by atoms with Gasteiger partial charge >= 0.3 is 0 Å². The molecule has 0 amide bonds. The van der Waals surface area contributed by atoms with Gasteiger partial charge < -0.3 is 5.32 Å². The minimum atomic E-state index is 0.372. The first-order valence-corrected chi connectivity index (χ1v) is 8.54. The van der Waals surface area contributed by atoms with Crippen molar-refractivity contribution in [2.75, 3.05) is 6.54 Å². The maximum Gasteiger partial charge on any atom is 0.0454 e. The van der Waals surface area contributed by atoms with Crippen molar-refractivity contribution in [2.24, 2.45) is 0 Å². The van der Waals surface area contributed by atoms with E-state index in [2.05, 4.69) is 41.2 Å². The minimum Gasteiger partial charge on any atom is -0.310 e. The van der Waals surface area contributed by atoms with Crippen molar-refractivity contribution < 1.29 is 0 Å². The highest BCUT2D eigenvalue weighted by atomic mass is 79.9. The topological polar surface area (TPSA) is 12.0 Å². The van der Waals surface area contributed by atoms with E-state index < -0.39 is 0 Å². The number of hydrogen-bond donors (Lipinski definition) is 1. The summed E-state index contributed by atoms with van der Waals surface area (Å²) in [4.78, 5) is 0. The van der Waals surface area contributed by atoms with Crippen molar-refractivity contribution in [2.45, 2.75) is 58.4 Å². The van der Waals surface area contributed by atoms with Gasteiger partial charge in [0.15, 0.2) is 0 Å². The van der Waals surface area contributed by atoms with Gasteiger partial charge in [-0.1, -0.05) is 73.5 Å². The predicted molar refractivity (Wildman–Crippen MR) is 88.9 cm³/mol. The quantitative estimate of drug-likeness (QED) is 0.532. The van der Waals surface area contributed by atoms with Crippen LogP contribution in [-0.4, -0.2) is 6.54 Å². The molecule has 0 aliphatic heterocycles. The third-order valence-electron chi connectivity index (χ3n) is 3.38. The molecule has 1 aromatic rings. The zero-order chi connectivity index (χ0) is 14.1. The van der Waals surface area contributed by atoms with E-state index >= 15 is 0 Å². The molecular weight excluding hydrogens is 322 g/mol. The highest BCUT2D eigenvalue weighted by Gasteiger charge is 2.13. The molecule has 1 N–H and O–H groups in total. The van der Waals surface area contributed by atoms with Crippen molar-refractivity contribution in [1.82, 2.24) is 5.32 Å². The van der Waals surface area contributed by atoms with Gasteiger partial charge in [-0.2, -0.15) is 0 Å². The van der Waals surface area contributed by atoms with Crippen molar-refractivity contribution in [1.29, 1.82) is 0 Å². The molecule has 0 heterocycles. The lowest BCUT2D eigenvalue weighted by atomic mass is 9.99. The van der Waals surface area contributed by atoms with Crippen LogP contribution in [0.15, 0.2) is 22.7 Å². The van der Waals surface area contributed by atoms with Gasteiger partial charge in [0.2, 0.25) is 0 Å². The monoisotopic (exact) mass is 345 g/mol. The van der Waals surface area contributed by atoms with Crippen LogP contribution in [0, 0.1) is 0 Å². The Kier molecular flexibility index (Phi) is 8.76. The first-order valence-electron chi connectivity index (χ1n) is 7.37. The maximum atomic E-state index is 6.33. The van der Waals surface area contributed by atoms with Crippen LogP contribution in [0.1, 0.15) is 64.0 Å². The summed E-state index contributed by atoms with van der Waals surface area (Å²) in [6.45, 7) is 5.38. The molecule has 19 heavy (non-hydrogen) atoms. The predicted octanol–water partition coefficient (Wildman–Crippen LogP) is 6.11. The van der Waals surface area contributed by atoms with Crippen LogP contribution in [0.3, 0.4) is 0 Å². The zero-order valence-corrected chi connectivity index (χ0v) is 14.4. The van der Waals surface area contributed by atoms with Gasteiger partial charge in [-0.05, 0) is 36.7 Å². The number of nitrogens with one attached hydrogen (secondary N) is 1. The lowest BCUT2D eigenvalue weighted by molar-refractivity contribution is 0.479. The number of benzene rings is 1. The summed E-state index contributed by atoms with van der Waals surface area (Å²) in [5.41, 5.74) is 1.22. The highest BCUT2D eigenvalue weighted by Crippen LogP contribution is 2.29. The summed E-state index contributed by atoms with van der Waals surface area (Å²) < 4.78 is 1.10. The van der Waals surface area contributed by atoms with E-state index in [0.717, 1.165) is 22.5 Å². The van der Waals surface area contributed by atoms with E-state index in [1.54, 1.807) is 0 Å². The van der Waals surface area contributed by atoms with Crippen LogP contribution >= 0.6 is 27.5 Å². The van der Waals surface area contributed by atoms with Crippen molar-refractivity contribution in [3.63, 3.8) is 0 Å². The fraction of sp³-hybridized carbons (Fsp3) is 0.625. The molecule has 0 bridgehead atoms. The molecule has 108 valence electrons. The second kappa shape index (κ2) is 9.79. The molecule has 1 rings (SSSR count). The van der Waals surface area contributed by atoms with Crippen molar-refractivity contribution in [3.05, 3.63) is 33.3 Å². The summed E-state index contributed by atoms with van der Waals surface area (Å²) in [6.07, 6.45) is 7.74. The van der Waals surface area contributed by atoms with Gasteiger partial charge in [0.25, 0.3) is 0 Å². The molecule has 1 nitrogen and oxygen atoms in total. The highest BCUT2D eigenvalue weighted by molar-refractivity contribution is 9.10. The van der Waals surface area contributed by atoms with Crippen LogP contribution in [-0.2, 0) is 0 Å². The third-order valence-corrected chi connectivity index (χ3v) is 4.22. The van der Waals surface area contributed by atoms with E-state index in [1.807, 2.05) is 12.1 Å². The third kappa shape index (κ3) is 6.29. The summed E-state index contributed by atoms with van der Waals surface area (Å²) in [5, 5.41) is 4.42. The molecule has 0 radical (unpaired) electrons. The molecule has 0 saturated carbocycles. The van der Waals surface area contributed by atoms with Crippen LogP contribution in [0.2, 0.25) is 5.02 Å². The minimum absolute atomic E-state index is 0.372. The molecule has 0 aliphatic rings. The van der Waals surface area contributed by atoms with Gasteiger partial charge in [-0.15, -0.1) is 0 Å². The molecule has 1 aromatic carbocycles. The van der Waals surface area contributed by atoms with E-state index in [0.29, 0.717) is 6.04 Å². The molecule has 0 spiro atoms. The van der Waals surface area contributed by atoms with Crippen LogP contribution < -0.4 is 5.32 Å². The average Bonchev–Trinajstić information content (AvgIpc) is 2.40. The number of halogens is 2. The van der Waals surface area contributed by atoms with Crippen LogP contribution in [0.25, 0.3) is 0 Å². The second-order valence-corrected chi connectivity index (χ2v) is 6.30. The molecule has 0 fully saturated rings. The molecule has 1 atom stereocenters. The van der Waals surface area contributed by atoms with E-state index in [1.165, 1.54) is 37.7 Å². The van der Waals surface area contributed by atoms with E-state index in [9.17, 15) is 0 Å². The fourth-order valence-corrected chi connectivity index (χ4v) is 2.98. The lowest BCUT2D eigenvalue weighted by Crippen LogP contribution is -2.21. The molecule has 0 saturated heterocycles. The first-order chi connectivity index (χ1) is 9.19. The Balaban J connectivity index is 2.58. The Morgan fingerprint density at radius 2 is 1.89 bits per heavy atom. The molecular formula is C16H25BrClN. The molecule has 0 aliphatic carbocycles. The smallest absolute Gasteiger partial charge is 0.0454 e. The molecule has 1 unspecified atom stereocenters. The summed E-state index contributed by atoms with van der Waals surface area (Å²) in [5.74, 6) is 0. The zero-order valence-electron chi connectivity index (χ0n) is 12.0. The number of hydrogen-bond acceptors (Lipinski definition) is 1. The molecule has 3 heteroatoms. The summed E-state index contributed by atoms with van der Waals surface area (Å²) >= 11 is 9.86. The summed E-state index contributed by atoms with van der Waals surface area (Å²) in [7, 11) is 0. The van der Waals surface area contributed by atoms with Gasteiger partial charge in [0, 0.05) is 15.5 Å². The molecule has 0 aromatic heterocycles. The Bertz CT molecular complexity index is 368. The number of rotatable bonds is 9. The van der Waals surface area contributed by atoms with E-state index in [-0.39, 0.29) is 0 Å². The van der Waals surface area contributed by atoms with Gasteiger partial charge in [-0.25, -0.2) is 0 Å². The Morgan fingerprint density at radius 3 is 2.58 bits per heavy atom. The largest absolute Gasteiger partial charge is 0.310 e. The second-order valence-electron chi connectivity index (χ2n) is 4.98. The first kappa shape index (κ1) is 17.0. The Morgan fingerprint density at radius 1 is 1.16 bits per heavy atom. The van der Waals surface area contributed by atoms with Crippen molar-refractivity contribution in [3.8, 4) is 0 Å². The van der Waals surface area contributed by atoms with E-state index in [4.69, 9.17) is 11.6 Å². The fourth-order valence-electron chi connectivity index (χ4n) is 2.35. The van der Waals surface area contributed by atoms with Gasteiger partial charge in [0.1, 0.15) is 0 Å². The SMILES string of the molecule is CCCCCCCC(NCC)c1cc(Br)ccc1Cl. The van der Waals surface area contributed by atoms with Crippen molar-refractivity contribution >= 4 is 27.5 Å². The van der Waals surface area contributed by atoms with Gasteiger partial charge in [0.05, 0.1) is 0 Å². The number of unbranched alkanes of at least 4 members (excludes halogenated alkanes) is 4. The Labute approximate surface area is 131 Å². The maximum absolute atomic E-state index is 6.33. The Hall–Kier alpha value is -0.0500. The summed E-state index contributed by atoms with van der Waals surface area (Å²) in [6, 6.07) is 6.48. The standard InChI is InChI=1S/C16H25BrClN/c1-3-5-6-7-8-9-16(19-4-2)14-12-13(17)10-11-15(14)18/h10-12,16,19H,3-9H2,1-2H3. The van der Waals surface area contributed by atoms with Gasteiger partial charge in [-0.3, -0.25) is 0 Å². The normalized spacial score (nSPS) is 12.6. The van der Waals surface area contributed by atoms with Crippen LogP contribution in [0.5, 0.6) is 0 Å². The average molecular weight is 347 g/mol. The lowest BCUT2D eigenvalue weighted by Gasteiger charge is -2.20.